The van der Waals surface area contributed by atoms with Crippen molar-refractivity contribution in [3.8, 4) is 0 Å². The van der Waals surface area contributed by atoms with Crippen molar-refractivity contribution >= 4 is 17.9 Å². The highest BCUT2D eigenvalue weighted by Gasteiger charge is 2.19. The van der Waals surface area contributed by atoms with Gasteiger partial charge in [0.2, 0.25) is 0 Å². The molecule has 78 heavy (non-hydrogen) atoms. The van der Waals surface area contributed by atoms with Crippen molar-refractivity contribution in [2.24, 2.45) is 0 Å². The summed E-state index contributed by atoms with van der Waals surface area (Å²) in [7, 11) is 0. The molecule has 0 saturated heterocycles. The molecule has 0 heterocycles. The fourth-order valence-electron chi connectivity index (χ4n) is 10.3. The third-order valence-corrected chi connectivity index (χ3v) is 15.6. The molecule has 1 atom stereocenters. The van der Waals surface area contributed by atoms with E-state index in [2.05, 4.69) is 69.4 Å². The molecule has 456 valence electrons. The van der Waals surface area contributed by atoms with Gasteiger partial charge in [-0.3, -0.25) is 14.4 Å². The van der Waals surface area contributed by atoms with E-state index in [9.17, 15) is 14.4 Å². The Morgan fingerprint density at radius 3 is 0.731 bits per heavy atom. The summed E-state index contributed by atoms with van der Waals surface area (Å²) in [5.74, 6) is -0.850. The predicted octanol–water partition coefficient (Wildman–Crippen LogP) is 23.7. The van der Waals surface area contributed by atoms with E-state index < -0.39 is 6.10 Å². The van der Waals surface area contributed by atoms with Crippen molar-refractivity contribution in [2.45, 2.75) is 380 Å². The molecule has 0 fully saturated rings. The molecule has 0 rings (SSSR count). The Morgan fingerprint density at radius 2 is 0.462 bits per heavy atom. The molecule has 0 aromatic heterocycles. The summed E-state index contributed by atoms with van der Waals surface area (Å²) in [5, 5.41) is 0. The van der Waals surface area contributed by atoms with E-state index in [1.807, 2.05) is 0 Å². The van der Waals surface area contributed by atoms with Gasteiger partial charge in [0.15, 0.2) is 6.10 Å². The van der Waals surface area contributed by atoms with Gasteiger partial charge in [0.25, 0.3) is 0 Å². The van der Waals surface area contributed by atoms with Crippen molar-refractivity contribution in [2.75, 3.05) is 13.2 Å². The van der Waals surface area contributed by atoms with Crippen molar-refractivity contribution < 1.29 is 28.6 Å². The van der Waals surface area contributed by atoms with Crippen LogP contribution < -0.4 is 0 Å². The SMILES string of the molecule is CCCCCCC/C=C\C/C=C\C/C=C\CCCCCCCCCCCCCCCCC(=O)OCC(COC(=O)CCCCCCCCCCCCCCCC)OC(=O)CCCCCCCCC/C=C\CCCCCCCC. The number of carbonyl (C=O) groups is 3. The standard InChI is InChI=1S/C72H132O6/c1-4-7-10-13-16-19-22-25-28-30-31-32-33-34-35-36-37-38-39-40-41-43-44-47-50-53-56-59-62-65-71(74)77-68-69(67-76-70(73)64-61-58-55-52-49-46-27-24-21-18-15-12-9-6-3)78-72(75)66-63-60-57-54-51-48-45-42-29-26-23-20-17-14-11-8-5-2/h22,25-26,29-31,33-34,69H,4-21,23-24,27-28,32,35-68H2,1-3H3/b25-22-,29-26-,31-30-,34-33-. The highest BCUT2D eigenvalue weighted by atomic mass is 16.6. The monoisotopic (exact) mass is 1090 g/mol. The molecule has 0 aliphatic heterocycles. The van der Waals surface area contributed by atoms with E-state index in [0.29, 0.717) is 19.3 Å². The molecule has 0 spiro atoms. The van der Waals surface area contributed by atoms with Crippen LogP contribution in [0.2, 0.25) is 0 Å². The first-order valence-electron chi connectivity index (χ1n) is 34.6. The van der Waals surface area contributed by atoms with Crippen molar-refractivity contribution in [1.82, 2.24) is 0 Å². The molecule has 0 aliphatic rings. The molecule has 0 aromatic carbocycles. The van der Waals surface area contributed by atoms with E-state index in [1.54, 1.807) is 0 Å². The smallest absolute Gasteiger partial charge is 0.306 e. The summed E-state index contributed by atoms with van der Waals surface area (Å²) in [5.41, 5.74) is 0. The number of ether oxygens (including phenoxy) is 3. The zero-order valence-corrected chi connectivity index (χ0v) is 52.5. The Balaban J connectivity index is 4.22. The zero-order valence-electron chi connectivity index (χ0n) is 52.5. The molecule has 0 saturated carbocycles. The third-order valence-electron chi connectivity index (χ3n) is 15.6. The Labute approximate surface area is 486 Å². The van der Waals surface area contributed by atoms with Gasteiger partial charge in [-0.15, -0.1) is 0 Å². The van der Waals surface area contributed by atoms with Crippen molar-refractivity contribution in [3.05, 3.63) is 48.6 Å². The van der Waals surface area contributed by atoms with Crippen LogP contribution in [0.1, 0.15) is 374 Å². The minimum atomic E-state index is -0.774. The highest BCUT2D eigenvalue weighted by Crippen LogP contribution is 2.18. The number of rotatable bonds is 64. The summed E-state index contributed by atoms with van der Waals surface area (Å²) in [6.45, 7) is 6.68. The number of hydrogen-bond acceptors (Lipinski definition) is 6. The first kappa shape index (κ1) is 75.4. The average molecular weight is 1090 g/mol. The van der Waals surface area contributed by atoms with Gasteiger partial charge in [-0.05, 0) is 83.5 Å². The van der Waals surface area contributed by atoms with E-state index in [-0.39, 0.29) is 31.1 Å². The lowest BCUT2D eigenvalue weighted by Gasteiger charge is -2.18. The van der Waals surface area contributed by atoms with Gasteiger partial charge in [0.1, 0.15) is 13.2 Å². The van der Waals surface area contributed by atoms with Crippen LogP contribution in [0.25, 0.3) is 0 Å². The van der Waals surface area contributed by atoms with Gasteiger partial charge in [0, 0.05) is 19.3 Å². The van der Waals surface area contributed by atoms with Gasteiger partial charge in [-0.25, -0.2) is 0 Å². The van der Waals surface area contributed by atoms with Gasteiger partial charge >= 0.3 is 17.9 Å². The Bertz CT molecular complexity index is 1350. The second-order valence-electron chi connectivity index (χ2n) is 23.4. The van der Waals surface area contributed by atoms with Gasteiger partial charge in [0.05, 0.1) is 0 Å². The Kier molecular flexibility index (Phi) is 64.6. The van der Waals surface area contributed by atoms with Gasteiger partial charge in [-0.1, -0.05) is 320 Å². The lowest BCUT2D eigenvalue weighted by Crippen LogP contribution is -2.30. The molecule has 6 heteroatoms. The number of hydrogen-bond donors (Lipinski definition) is 0. The quantitative estimate of drug-likeness (QED) is 0.0261. The van der Waals surface area contributed by atoms with Crippen LogP contribution in [0.3, 0.4) is 0 Å². The Morgan fingerprint density at radius 1 is 0.256 bits per heavy atom. The lowest BCUT2D eigenvalue weighted by atomic mass is 10.0. The van der Waals surface area contributed by atoms with Crippen LogP contribution in [-0.4, -0.2) is 37.2 Å². The van der Waals surface area contributed by atoms with E-state index in [4.69, 9.17) is 14.2 Å². The molecule has 6 nitrogen and oxygen atoms in total. The molecular formula is C72H132O6. The summed E-state index contributed by atoms with van der Waals surface area (Å²) in [6, 6.07) is 0. The number of allylic oxidation sites excluding steroid dienone is 8. The van der Waals surface area contributed by atoms with Crippen LogP contribution in [-0.2, 0) is 28.6 Å². The normalized spacial score (nSPS) is 12.3. The first-order chi connectivity index (χ1) is 38.5. The van der Waals surface area contributed by atoms with E-state index in [1.165, 1.54) is 263 Å². The molecule has 0 N–H and O–H groups in total. The summed E-state index contributed by atoms with van der Waals surface area (Å²) < 4.78 is 17.0. The second-order valence-corrected chi connectivity index (χ2v) is 23.4. The minimum Gasteiger partial charge on any atom is -0.462 e. The summed E-state index contributed by atoms with van der Waals surface area (Å²) in [4.78, 5) is 38.4. The molecular weight excluding hydrogens is 961 g/mol. The predicted molar refractivity (Wildman–Crippen MR) is 339 cm³/mol. The van der Waals surface area contributed by atoms with Gasteiger partial charge < -0.3 is 14.2 Å². The molecule has 1 unspecified atom stereocenters. The topological polar surface area (TPSA) is 78.9 Å². The van der Waals surface area contributed by atoms with Gasteiger partial charge in [-0.2, -0.15) is 0 Å². The molecule has 0 radical (unpaired) electrons. The maximum atomic E-state index is 12.9. The highest BCUT2D eigenvalue weighted by molar-refractivity contribution is 5.71. The summed E-state index contributed by atoms with van der Waals surface area (Å²) in [6.07, 6.45) is 84.2. The van der Waals surface area contributed by atoms with E-state index >= 15 is 0 Å². The van der Waals surface area contributed by atoms with Crippen LogP contribution in [0.4, 0.5) is 0 Å². The molecule has 0 aliphatic carbocycles. The van der Waals surface area contributed by atoms with Crippen molar-refractivity contribution in [3.63, 3.8) is 0 Å². The number of carbonyl (C=O) groups excluding carboxylic acids is 3. The molecule has 0 amide bonds. The van der Waals surface area contributed by atoms with Crippen LogP contribution in [0.15, 0.2) is 48.6 Å². The van der Waals surface area contributed by atoms with Crippen LogP contribution in [0.5, 0.6) is 0 Å². The third kappa shape index (κ3) is 64.2. The molecule has 0 aromatic rings. The maximum Gasteiger partial charge on any atom is 0.306 e. The van der Waals surface area contributed by atoms with Crippen molar-refractivity contribution in [1.29, 1.82) is 0 Å². The first-order valence-corrected chi connectivity index (χ1v) is 34.6. The van der Waals surface area contributed by atoms with Crippen LogP contribution >= 0.6 is 0 Å². The maximum absolute atomic E-state index is 12.9. The fourth-order valence-corrected chi connectivity index (χ4v) is 10.3. The lowest BCUT2D eigenvalue weighted by molar-refractivity contribution is -0.167. The van der Waals surface area contributed by atoms with E-state index in [0.717, 1.165) is 70.6 Å². The minimum absolute atomic E-state index is 0.0699. The number of esters is 3. The van der Waals surface area contributed by atoms with Crippen LogP contribution in [0, 0.1) is 0 Å². The molecule has 0 bridgehead atoms. The summed E-state index contributed by atoms with van der Waals surface area (Å²) >= 11 is 0. The zero-order chi connectivity index (χ0) is 56.4. The fraction of sp³-hybridized carbons (Fsp3) is 0.847. The average Bonchev–Trinajstić information content (AvgIpc) is 3.44. The second kappa shape index (κ2) is 66.9. The Hall–Kier alpha value is -2.63. The largest absolute Gasteiger partial charge is 0.462 e. The number of unbranched alkanes of at least 4 members (excludes halogenated alkanes) is 45.